The SMILES string of the molecule is Cc1nc2ncnn2c(NCC2CN(c3cc4c(nn3)CCC4)C2)c1C. The number of fused-ring (bicyclic) bond motifs is 2. The Morgan fingerprint density at radius 3 is 2.96 bits per heavy atom. The van der Waals surface area contributed by atoms with Crippen molar-refractivity contribution in [3.05, 3.63) is 34.9 Å². The molecule has 1 aliphatic heterocycles. The van der Waals surface area contributed by atoms with Crippen LogP contribution in [0.3, 0.4) is 0 Å². The lowest BCUT2D eigenvalue weighted by Gasteiger charge is -2.40. The summed E-state index contributed by atoms with van der Waals surface area (Å²) in [6, 6.07) is 2.23. The topological polar surface area (TPSA) is 84.1 Å². The van der Waals surface area contributed by atoms with E-state index in [1.807, 2.05) is 6.92 Å². The molecule has 1 saturated heterocycles. The van der Waals surface area contributed by atoms with Crippen LogP contribution in [0.15, 0.2) is 12.4 Å². The van der Waals surface area contributed by atoms with Crippen LogP contribution in [0, 0.1) is 19.8 Å². The zero-order chi connectivity index (χ0) is 17.7. The van der Waals surface area contributed by atoms with E-state index in [0.29, 0.717) is 11.7 Å². The summed E-state index contributed by atoms with van der Waals surface area (Å²) in [6.45, 7) is 6.98. The third-order valence-corrected chi connectivity index (χ3v) is 5.55. The largest absolute Gasteiger partial charge is 0.369 e. The summed E-state index contributed by atoms with van der Waals surface area (Å²) >= 11 is 0. The number of hydrogen-bond acceptors (Lipinski definition) is 7. The molecule has 5 rings (SSSR count). The lowest BCUT2D eigenvalue weighted by atomic mass is 10.00. The van der Waals surface area contributed by atoms with E-state index in [4.69, 9.17) is 0 Å². The molecule has 1 N–H and O–H groups in total. The summed E-state index contributed by atoms with van der Waals surface area (Å²) in [6.07, 6.45) is 4.98. The fourth-order valence-corrected chi connectivity index (χ4v) is 3.84. The van der Waals surface area contributed by atoms with Crippen LogP contribution in [-0.4, -0.2) is 49.4 Å². The van der Waals surface area contributed by atoms with Gasteiger partial charge in [0.15, 0.2) is 5.82 Å². The van der Waals surface area contributed by atoms with Gasteiger partial charge in [0, 0.05) is 36.8 Å². The van der Waals surface area contributed by atoms with Crippen LogP contribution in [0.2, 0.25) is 0 Å². The molecule has 1 fully saturated rings. The molecule has 0 saturated carbocycles. The highest BCUT2D eigenvalue weighted by Gasteiger charge is 2.29. The van der Waals surface area contributed by atoms with E-state index in [1.165, 1.54) is 17.7 Å². The molecular formula is C18H22N8. The van der Waals surface area contributed by atoms with Gasteiger partial charge >= 0.3 is 0 Å². The molecule has 4 heterocycles. The van der Waals surface area contributed by atoms with Gasteiger partial charge in [-0.3, -0.25) is 0 Å². The molecule has 0 spiro atoms. The van der Waals surface area contributed by atoms with E-state index in [9.17, 15) is 0 Å². The summed E-state index contributed by atoms with van der Waals surface area (Å²) in [4.78, 5) is 11.0. The van der Waals surface area contributed by atoms with Crippen LogP contribution in [0.5, 0.6) is 0 Å². The molecule has 134 valence electrons. The van der Waals surface area contributed by atoms with Crippen molar-refractivity contribution < 1.29 is 0 Å². The summed E-state index contributed by atoms with van der Waals surface area (Å²) in [5.74, 6) is 3.23. The van der Waals surface area contributed by atoms with Crippen molar-refractivity contribution in [3.63, 3.8) is 0 Å². The Labute approximate surface area is 151 Å². The van der Waals surface area contributed by atoms with Crippen LogP contribution in [0.4, 0.5) is 11.6 Å². The Morgan fingerprint density at radius 1 is 1.19 bits per heavy atom. The zero-order valence-corrected chi connectivity index (χ0v) is 15.1. The normalized spacial score (nSPS) is 16.8. The molecule has 1 aliphatic carbocycles. The summed E-state index contributed by atoms with van der Waals surface area (Å²) in [5, 5.41) is 16.7. The maximum atomic E-state index is 4.46. The Bertz CT molecular complexity index is 973. The van der Waals surface area contributed by atoms with E-state index in [0.717, 1.165) is 55.4 Å². The maximum Gasteiger partial charge on any atom is 0.254 e. The number of nitrogens with zero attached hydrogens (tertiary/aromatic N) is 7. The second kappa shape index (κ2) is 5.89. The summed E-state index contributed by atoms with van der Waals surface area (Å²) in [5.41, 5.74) is 4.67. The molecular weight excluding hydrogens is 328 g/mol. The molecule has 8 heteroatoms. The minimum Gasteiger partial charge on any atom is -0.369 e. The van der Waals surface area contributed by atoms with E-state index in [-0.39, 0.29) is 0 Å². The highest BCUT2D eigenvalue weighted by Crippen LogP contribution is 2.27. The average Bonchev–Trinajstić information content (AvgIpc) is 3.24. The van der Waals surface area contributed by atoms with Crippen molar-refractivity contribution in [2.24, 2.45) is 5.92 Å². The van der Waals surface area contributed by atoms with Gasteiger partial charge in [-0.15, -0.1) is 5.10 Å². The lowest BCUT2D eigenvalue weighted by molar-refractivity contribution is 0.424. The van der Waals surface area contributed by atoms with Crippen molar-refractivity contribution in [2.45, 2.75) is 33.1 Å². The molecule has 0 atom stereocenters. The number of anilines is 2. The smallest absolute Gasteiger partial charge is 0.254 e. The van der Waals surface area contributed by atoms with Crippen LogP contribution < -0.4 is 10.2 Å². The number of aryl methyl sites for hydroxylation is 3. The summed E-state index contributed by atoms with van der Waals surface area (Å²) < 4.78 is 1.78. The molecule has 26 heavy (non-hydrogen) atoms. The van der Waals surface area contributed by atoms with Gasteiger partial charge in [0.25, 0.3) is 5.78 Å². The van der Waals surface area contributed by atoms with Crippen molar-refractivity contribution >= 4 is 17.4 Å². The molecule has 2 aliphatic rings. The quantitative estimate of drug-likeness (QED) is 0.764. The van der Waals surface area contributed by atoms with Crippen LogP contribution >= 0.6 is 0 Å². The Morgan fingerprint density at radius 2 is 2.08 bits per heavy atom. The standard InChI is InChI=1S/C18H22N8/c1-11-12(2)22-18-20-10-21-26(18)17(11)19-7-13-8-25(9-13)16-6-14-4-3-5-15(14)23-24-16/h6,10,13,19H,3-5,7-9H2,1-2H3. The predicted octanol–water partition coefficient (Wildman–Crippen LogP) is 1.57. The first-order valence-electron chi connectivity index (χ1n) is 9.20. The molecule has 0 aromatic carbocycles. The minimum atomic E-state index is 0.580. The second-order valence-electron chi connectivity index (χ2n) is 7.32. The average molecular weight is 350 g/mol. The van der Waals surface area contributed by atoms with Gasteiger partial charge in [-0.1, -0.05) is 0 Å². The van der Waals surface area contributed by atoms with Gasteiger partial charge in [0.1, 0.15) is 12.1 Å². The minimum absolute atomic E-state index is 0.580. The first-order valence-corrected chi connectivity index (χ1v) is 9.20. The molecule has 3 aromatic heterocycles. The first-order chi connectivity index (χ1) is 12.7. The van der Waals surface area contributed by atoms with E-state index in [2.05, 4.69) is 48.5 Å². The Kier molecular flexibility index (Phi) is 3.51. The highest BCUT2D eigenvalue weighted by molar-refractivity contribution is 5.52. The summed E-state index contributed by atoms with van der Waals surface area (Å²) in [7, 11) is 0. The van der Waals surface area contributed by atoms with E-state index < -0.39 is 0 Å². The maximum absolute atomic E-state index is 4.46. The van der Waals surface area contributed by atoms with Gasteiger partial charge in [-0.2, -0.15) is 19.7 Å². The lowest BCUT2D eigenvalue weighted by Crippen LogP contribution is -2.50. The van der Waals surface area contributed by atoms with Crippen LogP contribution in [-0.2, 0) is 12.8 Å². The Balaban J connectivity index is 1.25. The van der Waals surface area contributed by atoms with Crippen molar-refractivity contribution in [2.75, 3.05) is 29.9 Å². The number of nitrogens with one attached hydrogen (secondary N) is 1. The number of aromatic nitrogens is 6. The molecule has 0 unspecified atom stereocenters. The monoisotopic (exact) mass is 350 g/mol. The molecule has 0 radical (unpaired) electrons. The van der Waals surface area contributed by atoms with Gasteiger partial charge in [0.2, 0.25) is 0 Å². The third-order valence-electron chi connectivity index (χ3n) is 5.55. The van der Waals surface area contributed by atoms with E-state index >= 15 is 0 Å². The van der Waals surface area contributed by atoms with Gasteiger partial charge < -0.3 is 10.2 Å². The fraction of sp³-hybridized carbons (Fsp3) is 0.500. The van der Waals surface area contributed by atoms with Gasteiger partial charge in [0.05, 0.1) is 5.69 Å². The van der Waals surface area contributed by atoms with Gasteiger partial charge in [-0.05, 0) is 44.7 Å². The Hall–Kier alpha value is -2.77. The highest BCUT2D eigenvalue weighted by atomic mass is 15.4. The van der Waals surface area contributed by atoms with Crippen molar-refractivity contribution in [1.29, 1.82) is 0 Å². The molecule has 3 aromatic rings. The van der Waals surface area contributed by atoms with Crippen LogP contribution in [0.25, 0.3) is 5.78 Å². The van der Waals surface area contributed by atoms with Crippen LogP contribution in [0.1, 0.15) is 28.9 Å². The van der Waals surface area contributed by atoms with E-state index in [1.54, 1.807) is 10.8 Å². The molecule has 0 bridgehead atoms. The second-order valence-corrected chi connectivity index (χ2v) is 7.32. The number of rotatable bonds is 4. The molecule has 0 amide bonds. The first kappa shape index (κ1) is 15.5. The number of hydrogen-bond donors (Lipinski definition) is 1. The predicted molar refractivity (Wildman–Crippen MR) is 98.5 cm³/mol. The van der Waals surface area contributed by atoms with Gasteiger partial charge in [-0.25, -0.2) is 4.98 Å². The molecule has 8 nitrogen and oxygen atoms in total. The fourth-order valence-electron chi connectivity index (χ4n) is 3.84. The van der Waals surface area contributed by atoms with Crippen molar-refractivity contribution in [1.82, 2.24) is 29.8 Å². The third kappa shape index (κ3) is 2.48. The van der Waals surface area contributed by atoms with Crippen molar-refractivity contribution in [3.8, 4) is 0 Å². The zero-order valence-electron chi connectivity index (χ0n) is 15.1.